The van der Waals surface area contributed by atoms with E-state index in [1.165, 1.54) is 23.1 Å². The van der Waals surface area contributed by atoms with Crippen molar-refractivity contribution in [3.8, 4) is 0 Å². The molecule has 0 fully saturated rings. The van der Waals surface area contributed by atoms with Crippen molar-refractivity contribution >= 4 is 27.5 Å². The number of hydrogen-bond acceptors (Lipinski definition) is 4. The lowest BCUT2D eigenvalue weighted by Crippen LogP contribution is -2.26. The van der Waals surface area contributed by atoms with Crippen LogP contribution in [-0.4, -0.2) is 32.6 Å². The van der Waals surface area contributed by atoms with Crippen molar-refractivity contribution in [3.63, 3.8) is 0 Å². The van der Waals surface area contributed by atoms with Crippen LogP contribution in [0.15, 0.2) is 35.1 Å². The summed E-state index contributed by atoms with van der Waals surface area (Å²) in [4.78, 5) is 24.2. The van der Waals surface area contributed by atoms with Crippen LogP contribution in [0, 0.1) is 10.1 Å². The number of carbonyl (C=O) groups is 1. The van der Waals surface area contributed by atoms with Crippen molar-refractivity contribution < 1.29 is 9.72 Å². The molecule has 1 amide bonds. The van der Waals surface area contributed by atoms with Gasteiger partial charge in [0.2, 0.25) is 0 Å². The Morgan fingerprint density at radius 2 is 2.24 bits per heavy atom. The Morgan fingerprint density at radius 3 is 2.81 bits per heavy atom. The zero-order chi connectivity index (χ0) is 15.6. The molecule has 110 valence electrons. The average Bonchev–Trinajstić information content (AvgIpc) is 2.83. The smallest absolute Gasteiger partial charge is 0.270 e. The molecule has 0 spiro atoms. The van der Waals surface area contributed by atoms with Gasteiger partial charge in [-0.15, -0.1) is 0 Å². The fourth-order valence-electron chi connectivity index (χ4n) is 1.90. The quantitative estimate of drug-likeness (QED) is 0.624. The Hall–Kier alpha value is -2.22. The van der Waals surface area contributed by atoms with E-state index in [0.29, 0.717) is 11.0 Å². The molecule has 21 heavy (non-hydrogen) atoms. The maximum absolute atomic E-state index is 12.4. The predicted octanol–water partition coefficient (Wildman–Crippen LogP) is 2.36. The fourth-order valence-corrected chi connectivity index (χ4v) is 2.31. The fraction of sp³-hybridized carbons (Fsp3) is 0.231. The third-order valence-corrected chi connectivity index (χ3v) is 3.61. The summed E-state index contributed by atoms with van der Waals surface area (Å²) in [5, 5.41) is 14.8. The van der Waals surface area contributed by atoms with Gasteiger partial charge < -0.3 is 4.90 Å². The molecule has 0 atom stereocenters. The summed E-state index contributed by atoms with van der Waals surface area (Å²) >= 11 is 3.25. The molecule has 0 aliphatic heterocycles. The van der Waals surface area contributed by atoms with E-state index in [1.54, 1.807) is 25.0 Å². The van der Waals surface area contributed by atoms with Crippen molar-refractivity contribution in [2.24, 2.45) is 7.05 Å². The van der Waals surface area contributed by atoms with Crippen molar-refractivity contribution in [2.75, 3.05) is 7.05 Å². The van der Waals surface area contributed by atoms with E-state index in [9.17, 15) is 14.9 Å². The summed E-state index contributed by atoms with van der Waals surface area (Å²) < 4.78 is 2.17. The van der Waals surface area contributed by atoms with Gasteiger partial charge in [-0.25, -0.2) is 0 Å². The Balaban J connectivity index is 2.22. The van der Waals surface area contributed by atoms with Gasteiger partial charge in [0.25, 0.3) is 11.6 Å². The van der Waals surface area contributed by atoms with Gasteiger partial charge in [-0.2, -0.15) is 5.10 Å². The zero-order valence-electron chi connectivity index (χ0n) is 11.5. The van der Waals surface area contributed by atoms with Crippen LogP contribution in [0.2, 0.25) is 0 Å². The minimum Gasteiger partial charge on any atom is -0.337 e. The van der Waals surface area contributed by atoms with Gasteiger partial charge in [-0.05, 0) is 22.0 Å². The molecule has 1 heterocycles. The Labute approximate surface area is 129 Å². The first kappa shape index (κ1) is 15.2. The van der Waals surface area contributed by atoms with Gasteiger partial charge in [-0.3, -0.25) is 19.6 Å². The first-order valence-electron chi connectivity index (χ1n) is 6.05. The van der Waals surface area contributed by atoms with Crippen molar-refractivity contribution in [2.45, 2.75) is 6.54 Å². The molecule has 1 aromatic heterocycles. The van der Waals surface area contributed by atoms with E-state index in [1.807, 2.05) is 6.20 Å². The number of rotatable bonds is 4. The van der Waals surface area contributed by atoms with Crippen molar-refractivity contribution in [3.05, 3.63) is 56.3 Å². The highest BCUT2D eigenvalue weighted by molar-refractivity contribution is 9.10. The molecule has 0 aliphatic carbocycles. The summed E-state index contributed by atoms with van der Waals surface area (Å²) in [6, 6.07) is 4.12. The lowest BCUT2D eigenvalue weighted by Gasteiger charge is -2.17. The average molecular weight is 353 g/mol. The number of amides is 1. The molecule has 0 bridgehead atoms. The third-order valence-electron chi connectivity index (χ3n) is 2.92. The van der Waals surface area contributed by atoms with Crippen LogP contribution < -0.4 is 0 Å². The summed E-state index contributed by atoms with van der Waals surface area (Å²) in [6.07, 6.45) is 3.48. The highest BCUT2D eigenvalue weighted by Crippen LogP contribution is 2.24. The third kappa shape index (κ3) is 3.46. The predicted molar refractivity (Wildman–Crippen MR) is 79.8 cm³/mol. The van der Waals surface area contributed by atoms with E-state index in [-0.39, 0.29) is 17.2 Å². The number of benzene rings is 1. The topological polar surface area (TPSA) is 81.3 Å². The number of aromatic nitrogens is 2. The molecular weight excluding hydrogens is 340 g/mol. The van der Waals surface area contributed by atoms with Gasteiger partial charge in [0.1, 0.15) is 0 Å². The number of aryl methyl sites for hydroxylation is 1. The number of nitro groups is 1. The molecule has 0 unspecified atom stereocenters. The number of hydrogen-bond donors (Lipinski definition) is 0. The van der Waals surface area contributed by atoms with Crippen LogP contribution in [0.4, 0.5) is 5.69 Å². The number of non-ortho nitro benzene ring substituents is 1. The maximum atomic E-state index is 12.4. The molecule has 2 rings (SSSR count). The number of nitro benzene ring substituents is 1. The summed E-state index contributed by atoms with van der Waals surface area (Å²) in [6.45, 7) is 0.377. The maximum Gasteiger partial charge on any atom is 0.270 e. The van der Waals surface area contributed by atoms with Crippen LogP contribution in [-0.2, 0) is 13.6 Å². The molecule has 0 saturated carbocycles. The largest absolute Gasteiger partial charge is 0.337 e. The lowest BCUT2D eigenvalue weighted by molar-refractivity contribution is -0.384. The summed E-state index contributed by atoms with van der Waals surface area (Å²) in [7, 11) is 3.43. The highest BCUT2D eigenvalue weighted by Gasteiger charge is 2.19. The van der Waals surface area contributed by atoms with Gasteiger partial charge in [-0.1, -0.05) is 0 Å². The van der Waals surface area contributed by atoms with E-state index >= 15 is 0 Å². The van der Waals surface area contributed by atoms with Crippen LogP contribution in [0.1, 0.15) is 15.9 Å². The SMILES string of the molecule is CN(Cc1cnn(C)c1)C(=O)c1cc([N+](=O)[O-])ccc1Br. The first-order chi connectivity index (χ1) is 9.88. The number of halogens is 1. The molecule has 0 N–H and O–H groups in total. The molecule has 8 heteroatoms. The van der Waals surface area contributed by atoms with Crippen LogP contribution in [0.5, 0.6) is 0 Å². The standard InChI is InChI=1S/C13H13BrN4O3/c1-16(7-9-6-15-17(2)8-9)13(19)11-5-10(18(20)21)3-4-12(11)14/h3-6,8H,7H2,1-2H3. The van der Waals surface area contributed by atoms with E-state index in [4.69, 9.17) is 0 Å². The van der Waals surface area contributed by atoms with Gasteiger partial charge >= 0.3 is 0 Å². The number of carbonyl (C=O) groups excluding carboxylic acids is 1. The molecule has 1 aromatic carbocycles. The monoisotopic (exact) mass is 352 g/mol. The highest BCUT2D eigenvalue weighted by atomic mass is 79.9. The Bertz CT molecular complexity index is 698. The van der Waals surface area contributed by atoms with Crippen LogP contribution in [0.25, 0.3) is 0 Å². The van der Waals surface area contributed by atoms with Gasteiger partial charge in [0.05, 0.1) is 16.7 Å². The van der Waals surface area contributed by atoms with Gasteiger partial charge in [0, 0.05) is 49.0 Å². The minimum absolute atomic E-state index is 0.115. The normalized spacial score (nSPS) is 10.4. The first-order valence-corrected chi connectivity index (χ1v) is 6.84. The summed E-state index contributed by atoms with van der Waals surface area (Å²) in [5.41, 5.74) is 1.03. The molecular formula is C13H13BrN4O3. The number of nitrogens with zero attached hydrogens (tertiary/aromatic N) is 4. The van der Waals surface area contributed by atoms with E-state index < -0.39 is 4.92 Å². The van der Waals surface area contributed by atoms with E-state index in [2.05, 4.69) is 21.0 Å². The van der Waals surface area contributed by atoms with Crippen molar-refractivity contribution in [1.82, 2.24) is 14.7 Å². The molecule has 2 aromatic rings. The van der Waals surface area contributed by atoms with Crippen LogP contribution >= 0.6 is 15.9 Å². The second kappa shape index (κ2) is 6.04. The lowest BCUT2D eigenvalue weighted by atomic mass is 10.1. The zero-order valence-corrected chi connectivity index (χ0v) is 13.1. The van der Waals surface area contributed by atoms with Crippen molar-refractivity contribution in [1.29, 1.82) is 0 Å². The Morgan fingerprint density at radius 1 is 1.52 bits per heavy atom. The molecule has 7 nitrogen and oxygen atoms in total. The van der Waals surface area contributed by atoms with Gasteiger partial charge in [0.15, 0.2) is 0 Å². The summed E-state index contributed by atoms with van der Waals surface area (Å²) in [5.74, 6) is -0.297. The van der Waals surface area contributed by atoms with E-state index in [0.717, 1.165) is 5.56 Å². The molecule has 0 aliphatic rings. The molecule has 0 saturated heterocycles. The minimum atomic E-state index is -0.523. The van der Waals surface area contributed by atoms with Crippen LogP contribution in [0.3, 0.4) is 0 Å². The molecule has 0 radical (unpaired) electrons. The second-order valence-electron chi connectivity index (χ2n) is 4.60. The Kier molecular flexibility index (Phi) is 4.37. The second-order valence-corrected chi connectivity index (χ2v) is 5.46.